The van der Waals surface area contributed by atoms with Gasteiger partial charge in [0.2, 0.25) is 12.0 Å². The van der Waals surface area contributed by atoms with Gasteiger partial charge in [0.25, 0.3) is 5.91 Å². The van der Waals surface area contributed by atoms with Crippen molar-refractivity contribution in [1.82, 2.24) is 0 Å². The lowest BCUT2D eigenvalue weighted by molar-refractivity contribution is -0.905. The molecule has 8 nitrogen and oxygen atoms in total. The summed E-state index contributed by atoms with van der Waals surface area (Å²) < 4.78 is 64.6. The molecule has 0 unspecified atom stereocenters. The van der Waals surface area contributed by atoms with E-state index in [2.05, 4.69) is 10.1 Å². The number of nitrogens with zero attached hydrogens (tertiary/aromatic N) is 1. The van der Waals surface area contributed by atoms with E-state index in [9.17, 15) is 32.4 Å². The van der Waals surface area contributed by atoms with Crippen molar-refractivity contribution in [1.29, 1.82) is 0 Å². The molecular formula is C21H22F4N3O5+. The van der Waals surface area contributed by atoms with Crippen LogP contribution in [0.3, 0.4) is 0 Å². The van der Waals surface area contributed by atoms with Crippen LogP contribution < -0.4 is 20.5 Å². The summed E-state index contributed by atoms with van der Waals surface area (Å²) in [6, 6.07) is 4.21. The van der Waals surface area contributed by atoms with Gasteiger partial charge in [-0.05, 0) is 25.8 Å². The topological polar surface area (TPSA) is 115 Å². The lowest BCUT2D eigenvalue weighted by Gasteiger charge is -2.26. The van der Waals surface area contributed by atoms with Gasteiger partial charge < -0.3 is 20.5 Å². The molecule has 0 bridgehead atoms. The number of anilines is 1. The van der Waals surface area contributed by atoms with Gasteiger partial charge in [-0.1, -0.05) is 13.0 Å². The van der Waals surface area contributed by atoms with E-state index >= 15 is 0 Å². The number of carbonyl (C=O) groups excluding carboxylic acids is 2. The number of nitrogens with one attached hydrogen (secondary N) is 1. The molecule has 2 heterocycles. The third-order valence-corrected chi connectivity index (χ3v) is 5.75. The van der Waals surface area contributed by atoms with Crippen molar-refractivity contribution >= 4 is 17.5 Å². The monoisotopic (exact) mass is 472 g/mol. The molecule has 1 aliphatic rings. The second-order valence-corrected chi connectivity index (χ2v) is 8.11. The van der Waals surface area contributed by atoms with Crippen molar-refractivity contribution in [2.24, 2.45) is 11.7 Å². The number of pyridine rings is 1. The third kappa shape index (κ3) is 4.70. The van der Waals surface area contributed by atoms with Crippen molar-refractivity contribution < 1.29 is 46.6 Å². The van der Waals surface area contributed by atoms with E-state index in [-0.39, 0.29) is 16.9 Å². The Morgan fingerprint density at radius 1 is 1.27 bits per heavy atom. The minimum atomic E-state index is -3.43. The lowest BCUT2D eigenvalue weighted by atomic mass is 9.78. The average molecular weight is 472 g/mol. The number of primary amides is 1. The van der Waals surface area contributed by atoms with Crippen molar-refractivity contribution in [3.8, 4) is 5.75 Å². The van der Waals surface area contributed by atoms with Crippen LogP contribution in [0, 0.1) is 17.6 Å². The Hall–Kier alpha value is -3.41. The molecule has 12 heteroatoms. The van der Waals surface area contributed by atoms with Gasteiger partial charge in [-0.25, -0.2) is 4.39 Å². The van der Waals surface area contributed by atoms with Crippen LogP contribution in [-0.4, -0.2) is 35.3 Å². The Bertz CT molecular complexity index is 1100. The zero-order chi connectivity index (χ0) is 24.7. The Morgan fingerprint density at radius 2 is 1.94 bits per heavy atom. The quantitative estimate of drug-likeness (QED) is 0.340. The van der Waals surface area contributed by atoms with Gasteiger partial charge >= 0.3 is 18.2 Å². The molecule has 1 aromatic carbocycles. The van der Waals surface area contributed by atoms with Crippen molar-refractivity contribution in [2.45, 2.75) is 45.0 Å². The molecule has 0 spiro atoms. The fourth-order valence-corrected chi connectivity index (χ4v) is 3.84. The highest BCUT2D eigenvalue weighted by atomic mass is 19.3. The van der Waals surface area contributed by atoms with E-state index in [1.165, 1.54) is 6.07 Å². The molecule has 0 saturated carbocycles. The average Bonchev–Trinajstić information content (AvgIpc) is 2.96. The molecule has 33 heavy (non-hydrogen) atoms. The molecule has 2 aromatic rings. The number of aromatic nitrogens is 1. The van der Waals surface area contributed by atoms with Crippen molar-refractivity contribution in [3.63, 3.8) is 0 Å². The maximum atomic E-state index is 14.4. The summed E-state index contributed by atoms with van der Waals surface area (Å²) in [6.45, 7) is 1.56. The number of hydrogen-bond donors (Lipinski definition) is 3. The predicted molar refractivity (Wildman–Crippen MR) is 105 cm³/mol. The molecule has 1 saturated heterocycles. The summed E-state index contributed by atoms with van der Waals surface area (Å²) in [7, 11) is 0. The summed E-state index contributed by atoms with van der Waals surface area (Å²) in [4.78, 5) is 24.5. The van der Waals surface area contributed by atoms with Crippen LogP contribution in [0.1, 0.15) is 42.7 Å². The fraction of sp³-hybridized carbons (Fsp3) is 0.381. The van der Waals surface area contributed by atoms with Gasteiger partial charge in [0.1, 0.15) is 6.10 Å². The van der Waals surface area contributed by atoms with E-state index in [0.717, 1.165) is 24.4 Å². The summed E-state index contributed by atoms with van der Waals surface area (Å²) in [5.41, 5.74) is 3.81. The van der Waals surface area contributed by atoms with E-state index in [1.807, 2.05) is 0 Å². The zero-order valence-electron chi connectivity index (χ0n) is 17.8. The van der Waals surface area contributed by atoms with Gasteiger partial charge in [-0.3, -0.25) is 14.8 Å². The molecule has 0 aliphatic carbocycles. The Kier molecular flexibility index (Phi) is 6.50. The minimum absolute atomic E-state index is 0.0770. The first-order valence-electron chi connectivity index (χ1n) is 9.79. The Labute approximate surface area is 185 Å². The van der Waals surface area contributed by atoms with E-state index in [1.54, 1.807) is 20.8 Å². The standard InChI is InChI=1S/C21H21F4N3O5/c1-9-14(11-4-5-12(22)15(23)16(11)32-20(24)25)17(33-21(9,2)3)19(30)27-10-6-7-28(31)13(8-10)18(26)29/h4-9,14,17,20,31H,1-3H3,(H2,26,29)/p+1/t9-,14+,17-/m1/s1. The number of halogens is 4. The van der Waals surface area contributed by atoms with Crippen LogP contribution in [0.2, 0.25) is 0 Å². The fourth-order valence-electron chi connectivity index (χ4n) is 3.84. The first-order valence-corrected chi connectivity index (χ1v) is 9.79. The smallest absolute Gasteiger partial charge is 0.387 e. The molecule has 2 amide bonds. The largest absolute Gasteiger partial charge is 0.431 e. The van der Waals surface area contributed by atoms with Crippen molar-refractivity contribution in [3.05, 3.63) is 53.4 Å². The molecule has 3 atom stereocenters. The van der Waals surface area contributed by atoms with Crippen LogP contribution >= 0.6 is 0 Å². The molecule has 178 valence electrons. The molecular weight excluding hydrogens is 450 g/mol. The summed E-state index contributed by atoms with van der Waals surface area (Å²) in [5.74, 6) is -7.23. The zero-order valence-corrected chi connectivity index (χ0v) is 17.8. The molecule has 1 fully saturated rings. The summed E-state index contributed by atoms with van der Waals surface area (Å²) in [6.07, 6.45) is -0.252. The normalized spacial score (nSPS) is 21.8. The van der Waals surface area contributed by atoms with Gasteiger partial charge in [0, 0.05) is 28.3 Å². The Morgan fingerprint density at radius 3 is 2.55 bits per heavy atom. The van der Waals surface area contributed by atoms with Crippen LogP contribution in [0.25, 0.3) is 0 Å². The van der Waals surface area contributed by atoms with Gasteiger partial charge in [-0.15, -0.1) is 0 Å². The number of alkyl halides is 2. The van der Waals surface area contributed by atoms with Crippen molar-refractivity contribution in [2.75, 3.05) is 5.32 Å². The van der Waals surface area contributed by atoms with E-state index in [4.69, 9.17) is 10.5 Å². The van der Waals surface area contributed by atoms with Crippen LogP contribution in [0.15, 0.2) is 30.5 Å². The first-order chi connectivity index (χ1) is 15.3. The first kappa shape index (κ1) is 24.2. The minimum Gasteiger partial charge on any atom is -0.431 e. The van der Waals surface area contributed by atoms with Gasteiger partial charge in [-0.2, -0.15) is 13.2 Å². The molecule has 1 aromatic heterocycles. The number of benzene rings is 1. The second kappa shape index (κ2) is 8.85. The Balaban J connectivity index is 2.02. The lowest BCUT2D eigenvalue weighted by Crippen LogP contribution is -2.40. The molecule has 3 rings (SSSR count). The number of nitrogens with two attached hydrogens (primary N) is 1. The number of amides is 2. The SMILES string of the molecule is C[C@@H]1[C@@H](c2ccc(F)c(F)c2OC(F)F)[C@H](C(=O)Nc2cc[n+](O)c(C(N)=O)c2)OC1(C)C. The van der Waals surface area contributed by atoms with E-state index < -0.39 is 59.4 Å². The number of ether oxygens (including phenoxy) is 2. The van der Waals surface area contributed by atoms with E-state index in [0.29, 0.717) is 4.73 Å². The van der Waals surface area contributed by atoms with Crippen LogP contribution in [-0.2, 0) is 9.53 Å². The number of hydrogen-bond acceptors (Lipinski definition) is 5. The highest BCUT2D eigenvalue weighted by Gasteiger charge is 2.52. The van der Waals surface area contributed by atoms with Gasteiger partial charge in [0.15, 0.2) is 11.6 Å². The van der Waals surface area contributed by atoms with Gasteiger partial charge in [0.05, 0.1) is 11.3 Å². The highest BCUT2D eigenvalue weighted by Crippen LogP contribution is 2.49. The maximum absolute atomic E-state index is 14.4. The van der Waals surface area contributed by atoms with Crippen LogP contribution in [0.4, 0.5) is 23.2 Å². The summed E-state index contributed by atoms with van der Waals surface area (Å²) in [5, 5.41) is 12.1. The molecule has 1 aliphatic heterocycles. The number of carbonyl (C=O) groups is 2. The third-order valence-electron chi connectivity index (χ3n) is 5.75. The second-order valence-electron chi connectivity index (χ2n) is 8.11. The number of rotatable bonds is 6. The van der Waals surface area contributed by atoms with Crippen LogP contribution in [0.5, 0.6) is 5.75 Å². The summed E-state index contributed by atoms with van der Waals surface area (Å²) >= 11 is 0. The molecule has 4 N–H and O–H groups in total. The maximum Gasteiger partial charge on any atom is 0.387 e. The predicted octanol–water partition coefficient (Wildman–Crippen LogP) is 2.73. The molecule has 0 radical (unpaired) electrons. The highest BCUT2D eigenvalue weighted by molar-refractivity contribution is 5.97.